The summed E-state index contributed by atoms with van der Waals surface area (Å²) >= 11 is 2.87. The summed E-state index contributed by atoms with van der Waals surface area (Å²) in [4.78, 5) is 14.1. The summed E-state index contributed by atoms with van der Waals surface area (Å²) in [5.41, 5.74) is 2.77. The normalized spacial score (nSPS) is 15.1. The molecule has 196 valence electrons. The molecule has 0 bridgehead atoms. The zero-order valence-corrected chi connectivity index (χ0v) is 23.8. The summed E-state index contributed by atoms with van der Waals surface area (Å²) in [6.07, 6.45) is 2.91. The van der Waals surface area contributed by atoms with Crippen molar-refractivity contribution in [1.29, 1.82) is 5.26 Å². The fourth-order valence-electron chi connectivity index (χ4n) is 4.65. The maximum Gasteiger partial charge on any atom is 0.235 e. The van der Waals surface area contributed by atoms with Gasteiger partial charge >= 0.3 is 0 Å². The average molecular weight is 540 g/mol. The molecule has 8 nitrogen and oxygen atoms in total. The molecule has 0 spiro atoms. The molecule has 0 saturated carbocycles. The van der Waals surface area contributed by atoms with Gasteiger partial charge in [-0.05, 0) is 55.2 Å². The van der Waals surface area contributed by atoms with E-state index in [2.05, 4.69) is 42.4 Å². The van der Waals surface area contributed by atoms with Crippen LogP contribution in [0, 0.1) is 22.7 Å². The number of ether oxygens (including phenoxy) is 2. The SMILES string of the molecule is CCn1c(SCC(=O)Nc2sc3c(c2C#N)CC[C@@H](C(C)(C)C)C3)nnc1-c1cc(OC)cc(OC)c1. The minimum atomic E-state index is -0.164. The van der Waals surface area contributed by atoms with Crippen LogP contribution in [0.15, 0.2) is 23.4 Å². The number of methoxy groups -OCH3 is 2. The fraction of sp³-hybridized carbons (Fsp3) is 0.481. The Morgan fingerprint density at radius 3 is 2.54 bits per heavy atom. The van der Waals surface area contributed by atoms with Gasteiger partial charge in [0.2, 0.25) is 5.91 Å². The summed E-state index contributed by atoms with van der Waals surface area (Å²) in [6.45, 7) is 9.46. The molecule has 0 saturated heterocycles. The van der Waals surface area contributed by atoms with Crippen LogP contribution in [-0.2, 0) is 24.2 Å². The fourth-order valence-corrected chi connectivity index (χ4v) is 6.75. The second-order valence-corrected chi connectivity index (χ2v) is 12.2. The van der Waals surface area contributed by atoms with Crippen molar-refractivity contribution < 1.29 is 14.3 Å². The molecule has 3 aromatic rings. The first-order valence-electron chi connectivity index (χ1n) is 12.3. The van der Waals surface area contributed by atoms with E-state index >= 15 is 0 Å². The Balaban J connectivity index is 1.48. The number of anilines is 1. The van der Waals surface area contributed by atoms with E-state index in [9.17, 15) is 10.1 Å². The Bertz CT molecular complexity index is 1310. The first-order valence-corrected chi connectivity index (χ1v) is 14.1. The van der Waals surface area contributed by atoms with Crippen LogP contribution in [0.2, 0.25) is 0 Å². The first-order chi connectivity index (χ1) is 17.7. The Hall–Kier alpha value is -3.03. The standard InChI is InChI=1S/C27H33N5O3S2/c1-7-32-24(16-10-18(34-5)13-19(11-16)35-6)30-31-26(32)36-15-23(33)29-25-21(14-28)20-9-8-17(27(2,3)4)12-22(20)37-25/h10-11,13,17H,7-9,12,15H2,1-6H3,(H,29,33)/t17-/m1/s1. The van der Waals surface area contributed by atoms with Gasteiger partial charge in [0.05, 0.1) is 25.5 Å². The maximum absolute atomic E-state index is 12.9. The molecule has 1 aliphatic carbocycles. The Morgan fingerprint density at radius 2 is 1.95 bits per heavy atom. The van der Waals surface area contributed by atoms with E-state index in [0.29, 0.717) is 45.5 Å². The van der Waals surface area contributed by atoms with E-state index in [1.807, 2.05) is 23.6 Å². The predicted molar refractivity (Wildman–Crippen MR) is 148 cm³/mol. The van der Waals surface area contributed by atoms with E-state index in [1.165, 1.54) is 16.6 Å². The first kappa shape index (κ1) is 27.0. The number of hydrogen-bond donors (Lipinski definition) is 1. The number of nitrogens with one attached hydrogen (secondary N) is 1. The van der Waals surface area contributed by atoms with Crippen molar-refractivity contribution >= 4 is 34.0 Å². The second kappa shape index (κ2) is 11.2. The number of hydrogen-bond acceptors (Lipinski definition) is 8. The third kappa shape index (κ3) is 5.78. The minimum absolute atomic E-state index is 0.164. The smallest absolute Gasteiger partial charge is 0.235 e. The summed E-state index contributed by atoms with van der Waals surface area (Å²) in [6, 6.07) is 7.90. The molecule has 1 amide bonds. The largest absolute Gasteiger partial charge is 0.497 e. The number of nitriles is 1. The van der Waals surface area contributed by atoms with Gasteiger partial charge in [-0.2, -0.15) is 5.26 Å². The monoisotopic (exact) mass is 539 g/mol. The van der Waals surface area contributed by atoms with Gasteiger partial charge in [0.25, 0.3) is 0 Å². The third-order valence-corrected chi connectivity index (χ3v) is 8.97. The van der Waals surface area contributed by atoms with Crippen LogP contribution in [0.4, 0.5) is 5.00 Å². The van der Waals surface area contributed by atoms with Crippen LogP contribution < -0.4 is 14.8 Å². The highest BCUT2D eigenvalue weighted by Crippen LogP contribution is 2.44. The summed E-state index contributed by atoms with van der Waals surface area (Å²) in [7, 11) is 3.21. The number of thiophene rings is 1. The molecular formula is C27H33N5O3S2. The molecule has 1 atom stereocenters. The highest BCUT2D eigenvalue weighted by atomic mass is 32.2. The lowest BCUT2D eigenvalue weighted by molar-refractivity contribution is -0.113. The van der Waals surface area contributed by atoms with Crippen LogP contribution in [-0.4, -0.2) is 40.6 Å². The van der Waals surface area contributed by atoms with Crippen molar-refractivity contribution in [3.8, 4) is 29.0 Å². The number of thioether (sulfide) groups is 1. The van der Waals surface area contributed by atoms with Gasteiger partial charge < -0.3 is 19.4 Å². The lowest BCUT2D eigenvalue weighted by Gasteiger charge is -2.33. The molecule has 4 rings (SSSR count). The van der Waals surface area contributed by atoms with Gasteiger partial charge in [-0.3, -0.25) is 4.79 Å². The van der Waals surface area contributed by atoms with Gasteiger partial charge in [-0.15, -0.1) is 21.5 Å². The summed E-state index contributed by atoms with van der Waals surface area (Å²) in [5, 5.41) is 22.8. The Kier molecular flexibility index (Phi) is 8.14. The quantitative estimate of drug-likeness (QED) is 0.361. The molecule has 0 fully saturated rings. The third-order valence-electron chi connectivity index (χ3n) is 6.83. The van der Waals surface area contributed by atoms with Gasteiger partial charge in [0, 0.05) is 23.1 Å². The van der Waals surface area contributed by atoms with Crippen molar-refractivity contribution in [2.24, 2.45) is 11.3 Å². The van der Waals surface area contributed by atoms with Gasteiger partial charge in [-0.1, -0.05) is 32.5 Å². The zero-order valence-electron chi connectivity index (χ0n) is 22.2. The average Bonchev–Trinajstić information content (AvgIpc) is 3.46. The van der Waals surface area contributed by atoms with Crippen molar-refractivity contribution in [3.05, 3.63) is 34.2 Å². The topological polar surface area (TPSA) is 102 Å². The molecule has 0 radical (unpaired) electrons. The van der Waals surface area contributed by atoms with E-state index < -0.39 is 0 Å². The van der Waals surface area contributed by atoms with Crippen molar-refractivity contribution in [2.45, 2.75) is 58.7 Å². The molecule has 1 aromatic carbocycles. The Labute approximate surface area is 226 Å². The molecular weight excluding hydrogens is 506 g/mol. The Morgan fingerprint density at radius 1 is 1.24 bits per heavy atom. The molecule has 1 N–H and O–H groups in total. The highest BCUT2D eigenvalue weighted by Gasteiger charge is 2.32. The van der Waals surface area contributed by atoms with Gasteiger partial charge in [-0.25, -0.2) is 0 Å². The number of aromatic nitrogens is 3. The minimum Gasteiger partial charge on any atom is -0.497 e. The lowest BCUT2D eigenvalue weighted by Crippen LogP contribution is -2.26. The maximum atomic E-state index is 12.9. The van der Waals surface area contributed by atoms with Gasteiger partial charge in [0.1, 0.15) is 22.6 Å². The number of benzene rings is 1. The van der Waals surface area contributed by atoms with Crippen LogP contribution in [0.3, 0.4) is 0 Å². The molecule has 2 aromatic heterocycles. The lowest BCUT2D eigenvalue weighted by atomic mass is 9.72. The molecule has 1 aliphatic rings. The number of amides is 1. The van der Waals surface area contributed by atoms with Crippen LogP contribution in [0.5, 0.6) is 11.5 Å². The molecule has 10 heteroatoms. The number of carbonyl (C=O) groups is 1. The van der Waals surface area contributed by atoms with Crippen molar-refractivity contribution in [3.63, 3.8) is 0 Å². The van der Waals surface area contributed by atoms with Crippen molar-refractivity contribution in [1.82, 2.24) is 14.8 Å². The van der Waals surface area contributed by atoms with Gasteiger partial charge in [0.15, 0.2) is 11.0 Å². The van der Waals surface area contributed by atoms with Crippen LogP contribution in [0.1, 0.15) is 50.1 Å². The molecule has 2 heterocycles. The van der Waals surface area contributed by atoms with Crippen LogP contribution >= 0.6 is 23.1 Å². The number of carbonyl (C=O) groups excluding carboxylic acids is 1. The molecule has 37 heavy (non-hydrogen) atoms. The second-order valence-electron chi connectivity index (χ2n) is 10.1. The zero-order chi connectivity index (χ0) is 26.7. The highest BCUT2D eigenvalue weighted by molar-refractivity contribution is 7.99. The summed E-state index contributed by atoms with van der Waals surface area (Å²) < 4.78 is 12.7. The van der Waals surface area contributed by atoms with Crippen LogP contribution in [0.25, 0.3) is 11.4 Å². The van der Waals surface area contributed by atoms with E-state index in [1.54, 1.807) is 31.6 Å². The van der Waals surface area contributed by atoms with Crippen molar-refractivity contribution in [2.75, 3.05) is 25.3 Å². The molecule has 0 unspecified atom stereocenters. The number of fused-ring (bicyclic) bond motifs is 1. The number of rotatable bonds is 8. The molecule has 0 aliphatic heterocycles. The van der Waals surface area contributed by atoms with E-state index in [0.717, 1.165) is 30.4 Å². The van der Waals surface area contributed by atoms with E-state index in [-0.39, 0.29) is 17.1 Å². The van der Waals surface area contributed by atoms with E-state index in [4.69, 9.17) is 9.47 Å². The summed E-state index contributed by atoms with van der Waals surface area (Å²) in [5.74, 6) is 2.57. The predicted octanol–water partition coefficient (Wildman–Crippen LogP) is 5.80. The number of nitrogens with zero attached hydrogens (tertiary/aromatic N) is 4.